The number of hydrogen-bond donors (Lipinski definition) is 1. The molecule has 1 fully saturated rings. The van der Waals surface area contributed by atoms with Crippen LogP contribution in [0.2, 0.25) is 0 Å². The molecule has 0 spiro atoms. The van der Waals surface area contributed by atoms with Crippen molar-refractivity contribution in [3.05, 3.63) is 82.0 Å². The maximum atomic E-state index is 13.6. The van der Waals surface area contributed by atoms with Gasteiger partial charge in [0, 0.05) is 23.7 Å². The van der Waals surface area contributed by atoms with Gasteiger partial charge in [0.2, 0.25) is 5.91 Å². The van der Waals surface area contributed by atoms with Gasteiger partial charge in [0.05, 0.1) is 6.04 Å². The van der Waals surface area contributed by atoms with Gasteiger partial charge in [-0.25, -0.2) is 4.79 Å². The molecule has 1 aliphatic carbocycles. The zero-order valence-corrected chi connectivity index (χ0v) is 20.8. The summed E-state index contributed by atoms with van der Waals surface area (Å²) in [7, 11) is 0. The predicted molar refractivity (Wildman–Crippen MR) is 139 cm³/mol. The summed E-state index contributed by atoms with van der Waals surface area (Å²) < 4.78 is 6.09. The van der Waals surface area contributed by atoms with E-state index in [1.54, 1.807) is 16.2 Å². The summed E-state index contributed by atoms with van der Waals surface area (Å²) >= 11 is 1.73. The maximum absolute atomic E-state index is 13.6. The molecule has 5 rings (SSSR count). The van der Waals surface area contributed by atoms with Gasteiger partial charge in [-0.2, -0.15) is 0 Å². The molecule has 35 heavy (non-hydrogen) atoms. The molecule has 2 aromatic carbocycles. The van der Waals surface area contributed by atoms with Crippen LogP contribution in [0, 0.1) is 12.8 Å². The molecule has 6 nitrogen and oxygen atoms in total. The Labute approximate surface area is 210 Å². The first-order valence-electron chi connectivity index (χ1n) is 12.2. The van der Waals surface area contributed by atoms with Gasteiger partial charge in [-0.15, -0.1) is 11.3 Å². The Hall–Kier alpha value is -3.32. The zero-order valence-electron chi connectivity index (χ0n) is 20.0. The van der Waals surface area contributed by atoms with Crippen molar-refractivity contribution < 1.29 is 14.3 Å². The molecule has 182 valence electrons. The minimum Gasteiger partial charge on any atom is -0.491 e. The standard InChI is InChI=1S/C28H31N3O3S/c1-20-7-11-22(12-8-20)29-28(33)30(17-21-9-10-21)18-27(32)31-15-13-26-24(14-16-35-26)25(31)19-34-23-5-3-2-4-6-23/h2-8,11-12,14,16,21,25H,9-10,13,15,17-19H2,1H3,(H,29,33). The van der Waals surface area contributed by atoms with E-state index in [1.165, 1.54) is 4.88 Å². The van der Waals surface area contributed by atoms with Crippen molar-refractivity contribution in [1.82, 2.24) is 9.80 Å². The molecular formula is C28H31N3O3S. The summed E-state index contributed by atoms with van der Waals surface area (Å²) in [6.45, 7) is 3.70. The molecule has 1 saturated carbocycles. The van der Waals surface area contributed by atoms with Crippen LogP contribution in [0.25, 0.3) is 0 Å². The van der Waals surface area contributed by atoms with Gasteiger partial charge < -0.3 is 19.9 Å². The van der Waals surface area contributed by atoms with Crippen LogP contribution in [0.4, 0.5) is 10.5 Å². The smallest absolute Gasteiger partial charge is 0.322 e. The number of aryl methyl sites for hydroxylation is 1. The van der Waals surface area contributed by atoms with E-state index in [9.17, 15) is 9.59 Å². The number of thiophene rings is 1. The average molecular weight is 490 g/mol. The molecule has 1 aromatic heterocycles. The monoisotopic (exact) mass is 489 g/mol. The molecule has 1 unspecified atom stereocenters. The summed E-state index contributed by atoms with van der Waals surface area (Å²) in [5.41, 5.74) is 3.03. The Kier molecular flexibility index (Phi) is 7.04. The van der Waals surface area contributed by atoms with E-state index in [0.29, 0.717) is 25.6 Å². The molecule has 2 aliphatic rings. The fraction of sp³-hybridized carbons (Fsp3) is 0.357. The maximum Gasteiger partial charge on any atom is 0.322 e. The summed E-state index contributed by atoms with van der Waals surface area (Å²) in [6.07, 6.45) is 3.05. The summed E-state index contributed by atoms with van der Waals surface area (Å²) in [4.78, 5) is 31.7. The third kappa shape index (κ3) is 5.85. The molecular weight excluding hydrogens is 458 g/mol. The highest BCUT2D eigenvalue weighted by Crippen LogP contribution is 2.34. The quantitative estimate of drug-likeness (QED) is 0.454. The number of amides is 3. The topological polar surface area (TPSA) is 61.9 Å². The van der Waals surface area contributed by atoms with Crippen LogP contribution in [0.15, 0.2) is 66.0 Å². The molecule has 3 amide bonds. The Morgan fingerprint density at radius 2 is 1.86 bits per heavy atom. The van der Waals surface area contributed by atoms with E-state index in [0.717, 1.165) is 41.8 Å². The number of rotatable bonds is 8. The molecule has 0 bridgehead atoms. The largest absolute Gasteiger partial charge is 0.491 e. The number of para-hydroxylation sites is 1. The second kappa shape index (κ2) is 10.5. The van der Waals surface area contributed by atoms with Crippen LogP contribution >= 0.6 is 11.3 Å². The number of carbonyl (C=O) groups excluding carboxylic acids is 2. The number of hydrogen-bond acceptors (Lipinski definition) is 4. The molecule has 1 aliphatic heterocycles. The van der Waals surface area contributed by atoms with Crippen molar-refractivity contribution in [2.45, 2.75) is 32.2 Å². The minimum absolute atomic E-state index is 0.0387. The van der Waals surface area contributed by atoms with Crippen LogP contribution in [0.5, 0.6) is 5.75 Å². The van der Waals surface area contributed by atoms with E-state index < -0.39 is 0 Å². The SMILES string of the molecule is Cc1ccc(NC(=O)N(CC(=O)N2CCc3sccc3C2COc2ccccc2)CC2CC2)cc1. The summed E-state index contributed by atoms with van der Waals surface area (Å²) in [5.74, 6) is 1.23. The Morgan fingerprint density at radius 1 is 1.09 bits per heavy atom. The Balaban J connectivity index is 1.30. The predicted octanol–water partition coefficient (Wildman–Crippen LogP) is 5.51. The van der Waals surface area contributed by atoms with Gasteiger partial charge in [0.1, 0.15) is 18.9 Å². The van der Waals surface area contributed by atoms with Gasteiger partial charge in [0.25, 0.3) is 0 Å². The third-order valence-electron chi connectivity index (χ3n) is 6.66. The molecule has 2 heterocycles. The number of anilines is 1. The molecule has 1 atom stereocenters. The number of carbonyl (C=O) groups is 2. The number of nitrogens with zero attached hydrogens (tertiary/aromatic N) is 2. The molecule has 3 aromatic rings. The van der Waals surface area contributed by atoms with E-state index >= 15 is 0 Å². The summed E-state index contributed by atoms with van der Waals surface area (Å²) in [6, 6.07) is 19.1. The zero-order chi connectivity index (χ0) is 24.2. The van der Waals surface area contributed by atoms with Crippen LogP contribution in [-0.2, 0) is 11.2 Å². The van der Waals surface area contributed by atoms with Crippen LogP contribution in [-0.4, -0.2) is 48.0 Å². The molecule has 7 heteroatoms. The highest BCUT2D eigenvalue weighted by molar-refractivity contribution is 7.10. The van der Waals surface area contributed by atoms with Gasteiger partial charge in [-0.1, -0.05) is 35.9 Å². The van der Waals surface area contributed by atoms with Crippen LogP contribution < -0.4 is 10.1 Å². The molecule has 1 N–H and O–H groups in total. The van der Waals surface area contributed by atoms with Crippen molar-refractivity contribution in [2.75, 3.05) is 31.6 Å². The first kappa shape index (κ1) is 23.4. The first-order valence-corrected chi connectivity index (χ1v) is 13.1. The first-order chi connectivity index (χ1) is 17.1. The van der Waals surface area contributed by atoms with Crippen molar-refractivity contribution in [3.63, 3.8) is 0 Å². The average Bonchev–Trinajstić information content (AvgIpc) is 3.56. The molecule has 0 saturated heterocycles. The van der Waals surface area contributed by atoms with E-state index in [-0.39, 0.29) is 24.5 Å². The van der Waals surface area contributed by atoms with Gasteiger partial charge in [-0.05, 0) is 73.4 Å². The van der Waals surface area contributed by atoms with Crippen molar-refractivity contribution >= 4 is 29.0 Å². The van der Waals surface area contributed by atoms with Crippen molar-refractivity contribution in [1.29, 1.82) is 0 Å². The third-order valence-corrected chi connectivity index (χ3v) is 7.65. The van der Waals surface area contributed by atoms with Crippen molar-refractivity contribution in [3.8, 4) is 5.75 Å². The number of ether oxygens (including phenoxy) is 1. The van der Waals surface area contributed by atoms with Gasteiger partial charge in [0.15, 0.2) is 0 Å². The Bertz CT molecular complexity index is 1160. The van der Waals surface area contributed by atoms with E-state index in [4.69, 9.17) is 4.74 Å². The van der Waals surface area contributed by atoms with Gasteiger partial charge in [-0.3, -0.25) is 4.79 Å². The number of nitrogens with one attached hydrogen (secondary N) is 1. The second-order valence-corrected chi connectivity index (χ2v) is 10.4. The summed E-state index contributed by atoms with van der Waals surface area (Å²) in [5, 5.41) is 5.06. The van der Waals surface area contributed by atoms with Crippen molar-refractivity contribution in [2.24, 2.45) is 5.92 Å². The highest BCUT2D eigenvalue weighted by Gasteiger charge is 2.35. The minimum atomic E-state index is -0.223. The Morgan fingerprint density at radius 3 is 2.60 bits per heavy atom. The molecule has 0 radical (unpaired) electrons. The normalized spacial score (nSPS) is 16.9. The van der Waals surface area contributed by atoms with E-state index in [2.05, 4.69) is 16.8 Å². The number of benzene rings is 2. The number of urea groups is 1. The highest BCUT2D eigenvalue weighted by atomic mass is 32.1. The lowest BCUT2D eigenvalue weighted by Crippen LogP contribution is -2.49. The van der Waals surface area contributed by atoms with Gasteiger partial charge >= 0.3 is 6.03 Å². The lowest BCUT2D eigenvalue weighted by atomic mass is 10.0. The van der Waals surface area contributed by atoms with E-state index in [1.807, 2.05) is 66.4 Å². The number of fused-ring (bicyclic) bond motifs is 1. The van der Waals surface area contributed by atoms with Crippen LogP contribution in [0.3, 0.4) is 0 Å². The second-order valence-electron chi connectivity index (χ2n) is 9.40. The lowest BCUT2D eigenvalue weighted by Gasteiger charge is -2.37. The fourth-order valence-electron chi connectivity index (χ4n) is 4.49. The lowest BCUT2D eigenvalue weighted by molar-refractivity contribution is -0.135. The van der Waals surface area contributed by atoms with Crippen LogP contribution in [0.1, 0.15) is 34.9 Å². The fourth-order valence-corrected chi connectivity index (χ4v) is 5.42.